The van der Waals surface area contributed by atoms with Gasteiger partial charge in [0.2, 0.25) is 24.3 Å². The van der Waals surface area contributed by atoms with Gasteiger partial charge in [0.15, 0.2) is 5.52 Å². The van der Waals surface area contributed by atoms with Crippen LogP contribution >= 0.6 is 0 Å². The average molecular weight is 313 g/mol. The number of H-pyrrole nitrogens is 1. The number of ether oxygens (including phenoxy) is 1. The highest BCUT2D eigenvalue weighted by Crippen LogP contribution is 2.06. The van der Waals surface area contributed by atoms with Crippen molar-refractivity contribution in [1.29, 1.82) is 0 Å². The van der Waals surface area contributed by atoms with Gasteiger partial charge in [0.1, 0.15) is 12.4 Å². The summed E-state index contributed by atoms with van der Waals surface area (Å²) in [6, 6.07) is 0. The molecule has 0 aromatic carbocycles. The molecule has 0 radical (unpaired) electrons. The molecule has 0 unspecified atom stereocenters. The molecule has 0 atom stereocenters. The summed E-state index contributed by atoms with van der Waals surface area (Å²) in [5, 5.41) is 20.1. The first-order chi connectivity index (χ1) is 10.5. The number of aliphatic hydroxyl groups is 2. The lowest BCUT2D eigenvalue weighted by molar-refractivity contribution is -0.116. The number of carbonyl (C=O) groups excluding carboxylic acids is 1. The minimum Gasteiger partial charge on any atom is -0.394 e. The molecule has 0 spiro atoms. The van der Waals surface area contributed by atoms with Gasteiger partial charge in [-0.25, -0.2) is 4.98 Å². The average Bonchev–Trinajstić information content (AvgIpc) is 2.86. The van der Waals surface area contributed by atoms with Crippen LogP contribution in [0.4, 0.5) is 5.95 Å². The number of hydrogen-bond donors (Lipinski definition) is 4. The van der Waals surface area contributed by atoms with Crippen molar-refractivity contribution in [3.8, 4) is 0 Å². The van der Waals surface area contributed by atoms with Crippen molar-refractivity contribution < 1.29 is 24.6 Å². The predicted molar refractivity (Wildman–Crippen MR) is 72.9 cm³/mol. The Morgan fingerprint density at radius 1 is 1.50 bits per heavy atom. The second-order valence-electron chi connectivity index (χ2n) is 4.24. The molecule has 11 heteroatoms. The van der Waals surface area contributed by atoms with Crippen LogP contribution in [-0.4, -0.2) is 61.9 Å². The highest BCUT2D eigenvalue weighted by Gasteiger charge is 2.12. The second-order valence-corrected chi connectivity index (χ2v) is 4.24. The molecule has 22 heavy (non-hydrogen) atoms. The van der Waals surface area contributed by atoms with Crippen LogP contribution in [0.3, 0.4) is 0 Å². The molecule has 1 amide bonds. The Morgan fingerprint density at radius 2 is 2.23 bits per heavy atom. The molecule has 0 aliphatic rings. The van der Waals surface area contributed by atoms with E-state index in [4.69, 9.17) is 19.8 Å². The first-order valence-electron chi connectivity index (χ1n) is 6.26. The van der Waals surface area contributed by atoms with Gasteiger partial charge in [0.05, 0.1) is 13.2 Å². The van der Waals surface area contributed by atoms with Gasteiger partial charge in [-0.1, -0.05) is 0 Å². The number of nitrogens with zero attached hydrogens (tertiary/aromatic N) is 3. The first-order valence-corrected chi connectivity index (χ1v) is 6.26. The molecule has 0 fully saturated rings. The van der Waals surface area contributed by atoms with Crippen LogP contribution in [-0.2, 0) is 9.53 Å². The van der Waals surface area contributed by atoms with E-state index < -0.39 is 17.6 Å². The maximum atomic E-state index is 11.8. The number of aromatic amines is 1. The molecule has 0 aliphatic heterocycles. The van der Waals surface area contributed by atoms with E-state index in [1.807, 2.05) is 0 Å². The van der Waals surface area contributed by atoms with Crippen molar-refractivity contribution in [2.24, 2.45) is 0 Å². The highest BCUT2D eigenvalue weighted by molar-refractivity contribution is 5.87. The molecular weight excluding hydrogens is 298 g/mol. The first kappa shape index (κ1) is 15.9. The van der Waals surface area contributed by atoms with Crippen LogP contribution in [0.2, 0.25) is 0 Å². The quantitative estimate of drug-likeness (QED) is 0.422. The topological polar surface area (TPSA) is 152 Å². The van der Waals surface area contributed by atoms with E-state index in [1.165, 1.54) is 13.3 Å². The lowest BCUT2D eigenvalue weighted by Crippen LogP contribution is -2.26. The summed E-state index contributed by atoms with van der Waals surface area (Å²) < 4.78 is 6.12. The Morgan fingerprint density at radius 3 is 2.86 bits per heavy atom. The van der Waals surface area contributed by atoms with Crippen LogP contribution in [0.15, 0.2) is 11.1 Å². The molecular formula is C11H15N5O6. The van der Waals surface area contributed by atoms with Gasteiger partial charge in [-0.15, -0.1) is 4.73 Å². The number of fused-ring (bicyclic) bond motifs is 1. The summed E-state index contributed by atoms with van der Waals surface area (Å²) in [7, 11) is 0. The molecule has 2 aromatic heterocycles. The molecule has 2 heterocycles. The number of anilines is 1. The summed E-state index contributed by atoms with van der Waals surface area (Å²) in [5.74, 6) is -0.439. The predicted octanol–water partition coefficient (Wildman–Crippen LogP) is -2.17. The summed E-state index contributed by atoms with van der Waals surface area (Å²) in [4.78, 5) is 38.2. The Labute approximate surface area is 123 Å². The van der Waals surface area contributed by atoms with Gasteiger partial charge in [0, 0.05) is 6.92 Å². The van der Waals surface area contributed by atoms with Gasteiger partial charge in [-0.3, -0.25) is 19.9 Å². The Hall–Kier alpha value is -2.50. The van der Waals surface area contributed by atoms with Crippen molar-refractivity contribution in [3.05, 3.63) is 16.7 Å². The van der Waals surface area contributed by atoms with Crippen LogP contribution in [0, 0.1) is 0 Å². The molecule has 2 rings (SSSR count). The molecule has 120 valence electrons. The number of carbonyl (C=O) groups is 1. The Kier molecular flexibility index (Phi) is 5.04. The number of aromatic nitrogens is 4. The zero-order chi connectivity index (χ0) is 16.1. The Balaban J connectivity index is 2.18. The third-order valence-corrected chi connectivity index (χ3v) is 2.57. The number of nitrogens with one attached hydrogen (secondary N) is 2. The zero-order valence-corrected chi connectivity index (χ0v) is 11.6. The summed E-state index contributed by atoms with van der Waals surface area (Å²) >= 11 is 0. The van der Waals surface area contributed by atoms with Crippen molar-refractivity contribution in [2.75, 3.05) is 25.3 Å². The molecule has 0 bridgehead atoms. The van der Waals surface area contributed by atoms with Crippen molar-refractivity contribution in [2.45, 2.75) is 13.0 Å². The molecule has 4 N–H and O–H groups in total. The zero-order valence-electron chi connectivity index (χ0n) is 11.6. The summed E-state index contributed by atoms with van der Waals surface area (Å²) in [5.41, 5.74) is -0.434. The van der Waals surface area contributed by atoms with Crippen LogP contribution in [0.25, 0.3) is 11.2 Å². The summed E-state index contributed by atoms with van der Waals surface area (Å²) in [6.07, 6.45) is 0.432. The van der Waals surface area contributed by atoms with Crippen LogP contribution < -0.4 is 15.7 Å². The minimum atomic E-state index is -0.777. The van der Waals surface area contributed by atoms with Gasteiger partial charge >= 0.3 is 0 Å². The Bertz CT molecular complexity index is 707. The fraction of sp³-hybridized carbons (Fsp3) is 0.455. The molecule has 0 saturated heterocycles. The van der Waals surface area contributed by atoms with E-state index in [0.29, 0.717) is 0 Å². The van der Waals surface area contributed by atoms with E-state index in [1.54, 1.807) is 0 Å². The fourth-order valence-corrected chi connectivity index (χ4v) is 1.56. The SMILES string of the molecule is CC(=O)Nc1nc2c(ncn2OCOC(CO)CO)c(=O)[nH]1. The lowest BCUT2D eigenvalue weighted by atomic mass is 10.4. The maximum absolute atomic E-state index is 11.8. The van der Waals surface area contributed by atoms with E-state index in [2.05, 4.69) is 20.3 Å². The monoisotopic (exact) mass is 313 g/mol. The van der Waals surface area contributed by atoms with Crippen LogP contribution in [0.1, 0.15) is 6.92 Å². The lowest BCUT2D eigenvalue weighted by Gasteiger charge is -2.13. The largest absolute Gasteiger partial charge is 0.394 e. The standard InChI is InChI=1S/C11H15N5O6/c1-6(19)13-11-14-9-8(10(20)15-11)12-4-16(9)22-5-21-7(2-17)3-18/h4,7,17-18H,2-3,5H2,1H3,(H2,13,14,15,19,20). The van der Waals surface area contributed by atoms with E-state index in [9.17, 15) is 9.59 Å². The van der Waals surface area contributed by atoms with Gasteiger partial charge < -0.3 is 19.8 Å². The number of rotatable bonds is 7. The summed E-state index contributed by atoms with van der Waals surface area (Å²) in [6.45, 7) is 0.237. The minimum absolute atomic E-state index is 0.0231. The highest BCUT2D eigenvalue weighted by atomic mass is 16.8. The van der Waals surface area contributed by atoms with E-state index in [0.717, 1.165) is 4.73 Å². The third-order valence-electron chi connectivity index (χ3n) is 2.57. The number of aliphatic hydroxyl groups excluding tert-OH is 2. The molecule has 0 saturated carbocycles. The maximum Gasteiger partial charge on any atom is 0.280 e. The van der Waals surface area contributed by atoms with Crippen molar-refractivity contribution in [3.63, 3.8) is 0 Å². The molecule has 2 aromatic rings. The second kappa shape index (κ2) is 6.98. The van der Waals surface area contributed by atoms with E-state index in [-0.39, 0.29) is 37.1 Å². The van der Waals surface area contributed by atoms with Crippen molar-refractivity contribution >= 4 is 23.0 Å². The van der Waals surface area contributed by atoms with Gasteiger partial charge in [-0.2, -0.15) is 4.98 Å². The molecule has 0 aliphatic carbocycles. The fourth-order valence-electron chi connectivity index (χ4n) is 1.56. The van der Waals surface area contributed by atoms with Crippen molar-refractivity contribution in [1.82, 2.24) is 19.7 Å². The number of imidazole rings is 1. The van der Waals surface area contributed by atoms with Crippen LogP contribution in [0.5, 0.6) is 0 Å². The van der Waals surface area contributed by atoms with E-state index >= 15 is 0 Å². The van der Waals surface area contributed by atoms with Gasteiger partial charge in [-0.05, 0) is 0 Å². The number of hydrogen-bond acceptors (Lipinski definition) is 8. The third kappa shape index (κ3) is 3.58. The number of amides is 1. The normalized spacial score (nSPS) is 11.1. The smallest absolute Gasteiger partial charge is 0.280 e. The van der Waals surface area contributed by atoms with Gasteiger partial charge in [0.25, 0.3) is 5.56 Å². The molecule has 11 nitrogen and oxygen atoms in total.